The highest BCUT2D eigenvalue weighted by Gasteiger charge is 2.35. The average molecular weight is 704 g/mol. The smallest absolute Gasteiger partial charge is 0.164 e. The van der Waals surface area contributed by atoms with E-state index in [1.54, 1.807) is 0 Å². The molecule has 260 valence electrons. The molecule has 9 aromatic rings. The van der Waals surface area contributed by atoms with E-state index in [-0.39, 0.29) is 5.41 Å². The van der Waals surface area contributed by atoms with E-state index in [4.69, 9.17) is 15.0 Å². The first-order valence-corrected chi connectivity index (χ1v) is 18.9. The van der Waals surface area contributed by atoms with Crippen molar-refractivity contribution in [2.45, 2.75) is 19.3 Å². The zero-order valence-corrected chi connectivity index (χ0v) is 30.7. The van der Waals surface area contributed by atoms with Gasteiger partial charge in [0.25, 0.3) is 0 Å². The third kappa shape index (κ3) is 5.73. The molecule has 1 aliphatic rings. The molecule has 0 saturated carbocycles. The van der Waals surface area contributed by atoms with Crippen LogP contribution in [0.3, 0.4) is 0 Å². The molecule has 1 aliphatic carbocycles. The molecule has 1 aromatic heterocycles. The van der Waals surface area contributed by atoms with Gasteiger partial charge in [0.05, 0.1) is 0 Å². The summed E-state index contributed by atoms with van der Waals surface area (Å²) in [6.45, 7) is 4.67. The molecular weight excluding hydrogens is 667 g/mol. The fourth-order valence-electron chi connectivity index (χ4n) is 8.28. The second kappa shape index (κ2) is 13.2. The Morgan fingerprint density at radius 1 is 0.291 bits per heavy atom. The van der Waals surface area contributed by atoms with Crippen LogP contribution in [0.4, 0.5) is 0 Å². The van der Waals surface area contributed by atoms with E-state index < -0.39 is 0 Å². The van der Waals surface area contributed by atoms with Crippen molar-refractivity contribution in [2.75, 3.05) is 0 Å². The van der Waals surface area contributed by atoms with Gasteiger partial charge in [-0.15, -0.1) is 0 Å². The topological polar surface area (TPSA) is 38.7 Å². The fourth-order valence-corrected chi connectivity index (χ4v) is 8.28. The molecule has 0 fully saturated rings. The molecule has 55 heavy (non-hydrogen) atoms. The van der Waals surface area contributed by atoms with Crippen molar-refractivity contribution in [2.24, 2.45) is 0 Å². The predicted octanol–water partition coefficient (Wildman–Crippen LogP) is 13.3. The van der Waals surface area contributed by atoms with E-state index in [1.165, 1.54) is 38.9 Å². The Labute approximate surface area is 321 Å². The van der Waals surface area contributed by atoms with Crippen molar-refractivity contribution in [1.29, 1.82) is 0 Å². The highest BCUT2D eigenvalue weighted by molar-refractivity contribution is 6.04. The maximum absolute atomic E-state index is 5.22. The van der Waals surface area contributed by atoms with Gasteiger partial charge < -0.3 is 0 Å². The van der Waals surface area contributed by atoms with E-state index in [1.807, 2.05) is 12.1 Å². The molecule has 0 aliphatic heterocycles. The van der Waals surface area contributed by atoms with Gasteiger partial charge in [0.15, 0.2) is 17.5 Å². The molecule has 3 heteroatoms. The van der Waals surface area contributed by atoms with Crippen molar-refractivity contribution in [3.63, 3.8) is 0 Å². The normalized spacial score (nSPS) is 12.7. The Morgan fingerprint density at radius 3 is 1.51 bits per heavy atom. The summed E-state index contributed by atoms with van der Waals surface area (Å²) in [6, 6.07) is 66.7. The SMILES string of the molecule is CC1(C)c2ccccc2-c2ccc(-c3ccc(-c4nc(-c5ccc(-c6ccccc6)cc5)nc(-c5cccc(-c6ccccc6)c5)n4)c4ccccc34)cc21. The van der Waals surface area contributed by atoms with Gasteiger partial charge in [-0.3, -0.25) is 0 Å². The minimum Gasteiger partial charge on any atom is -0.208 e. The fraction of sp³-hybridized carbons (Fsp3) is 0.0577. The molecule has 0 unspecified atom stereocenters. The molecule has 0 radical (unpaired) electrons. The summed E-state index contributed by atoms with van der Waals surface area (Å²) in [4.78, 5) is 15.5. The zero-order chi connectivity index (χ0) is 36.9. The van der Waals surface area contributed by atoms with Crippen LogP contribution in [0.15, 0.2) is 188 Å². The summed E-state index contributed by atoms with van der Waals surface area (Å²) < 4.78 is 0. The van der Waals surface area contributed by atoms with Crippen LogP contribution in [0, 0.1) is 0 Å². The maximum Gasteiger partial charge on any atom is 0.164 e. The third-order valence-corrected chi connectivity index (χ3v) is 11.2. The number of nitrogens with zero attached hydrogens (tertiary/aromatic N) is 3. The number of fused-ring (bicyclic) bond motifs is 4. The van der Waals surface area contributed by atoms with Gasteiger partial charge >= 0.3 is 0 Å². The lowest BCUT2D eigenvalue weighted by molar-refractivity contribution is 0.660. The maximum atomic E-state index is 5.22. The molecule has 0 N–H and O–H groups in total. The number of benzene rings is 8. The van der Waals surface area contributed by atoms with Crippen LogP contribution in [0.5, 0.6) is 0 Å². The number of hydrogen-bond acceptors (Lipinski definition) is 3. The second-order valence-corrected chi connectivity index (χ2v) is 14.8. The largest absolute Gasteiger partial charge is 0.208 e. The molecule has 10 rings (SSSR count). The minimum atomic E-state index is -0.0769. The molecule has 1 heterocycles. The quantitative estimate of drug-likeness (QED) is 0.173. The van der Waals surface area contributed by atoms with Crippen molar-refractivity contribution < 1.29 is 0 Å². The number of aromatic nitrogens is 3. The highest BCUT2D eigenvalue weighted by atomic mass is 15.0. The van der Waals surface area contributed by atoms with Gasteiger partial charge in [-0.05, 0) is 84.6 Å². The summed E-state index contributed by atoms with van der Waals surface area (Å²) in [6.07, 6.45) is 0. The van der Waals surface area contributed by atoms with Gasteiger partial charge in [-0.25, -0.2) is 15.0 Å². The number of hydrogen-bond donors (Lipinski definition) is 0. The van der Waals surface area contributed by atoms with E-state index in [0.717, 1.165) is 44.2 Å². The summed E-state index contributed by atoms with van der Waals surface area (Å²) in [5.74, 6) is 1.92. The Morgan fingerprint density at radius 2 is 0.764 bits per heavy atom. The van der Waals surface area contributed by atoms with Gasteiger partial charge in [0.2, 0.25) is 0 Å². The first-order chi connectivity index (χ1) is 27.0. The lowest BCUT2D eigenvalue weighted by atomic mass is 9.81. The molecular formula is C52H37N3. The highest BCUT2D eigenvalue weighted by Crippen LogP contribution is 2.50. The van der Waals surface area contributed by atoms with E-state index in [0.29, 0.717) is 17.5 Å². The van der Waals surface area contributed by atoms with Gasteiger partial charge in [-0.1, -0.05) is 184 Å². The van der Waals surface area contributed by atoms with Crippen molar-refractivity contribution in [3.8, 4) is 78.7 Å². The van der Waals surface area contributed by atoms with Gasteiger partial charge in [0, 0.05) is 22.1 Å². The van der Waals surface area contributed by atoms with Gasteiger partial charge in [0.1, 0.15) is 0 Å². The van der Waals surface area contributed by atoms with E-state index >= 15 is 0 Å². The zero-order valence-electron chi connectivity index (χ0n) is 30.7. The van der Waals surface area contributed by atoms with Crippen LogP contribution in [0.2, 0.25) is 0 Å². The first-order valence-electron chi connectivity index (χ1n) is 18.9. The first kappa shape index (κ1) is 32.7. The van der Waals surface area contributed by atoms with Crippen LogP contribution >= 0.6 is 0 Å². The third-order valence-electron chi connectivity index (χ3n) is 11.2. The second-order valence-electron chi connectivity index (χ2n) is 14.8. The van der Waals surface area contributed by atoms with Crippen LogP contribution in [-0.2, 0) is 5.41 Å². The number of rotatable bonds is 6. The lowest BCUT2D eigenvalue weighted by Gasteiger charge is -2.22. The Bertz CT molecular complexity index is 2870. The monoisotopic (exact) mass is 703 g/mol. The molecule has 0 atom stereocenters. The molecule has 0 bridgehead atoms. The molecule has 3 nitrogen and oxygen atoms in total. The summed E-state index contributed by atoms with van der Waals surface area (Å²) in [7, 11) is 0. The summed E-state index contributed by atoms with van der Waals surface area (Å²) in [5.41, 5.74) is 15.2. The van der Waals surface area contributed by atoms with Crippen molar-refractivity contribution in [3.05, 3.63) is 199 Å². The Kier molecular flexibility index (Phi) is 7.81. The summed E-state index contributed by atoms with van der Waals surface area (Å²) in [5, 5.41) is 2.26. The Hall–Kier alpha value is -6.97. The van der Waals surface area contributed by atoms with Crippen molar-refractivity contribution >= 4 is 10.8 Å². The van der Waals surface area contributed by atoms with Crippen LogP contribution < -0.4 is 0 Å². The average Bonchev–Trinajstić information content (AvgIpc) is 3.49. The predicted molar refractivity (Wildman–Crippen MR) is 228 cm³/mol. The molecule has 0 amide bonds. The Balaban J connectivity index is 1.12. The lowest BCUT2D eigenvalue weighted by Crippen LogP contribution is -2.14. The van der Waals surface area contributed by atoms with Crippen LogP contribution in [-0.4, -0.2) is 15.0 Å². The van der Waals surface area contributed by atoms with Crippen LogP contribution in [0.25, 0.3) is 89.4 Å². The molecule has 8 aromatic carbocycles. The van der Waals surface area contributed by atoms with Crippen molar-refractivity contribution in [1.82, 2.24) is 15.0 Å². The van der Waals surface area contributed by atoms with E-state index in [9.17, 15) is 0 Å². The van der Waals surface area contributed by atoms with Gasteiger partial charge in [-0.2, -0.15) is 0 Å². The minimum absolute atomic E-state index is 0.0769. The van der Waals surface area contributed by atoms with Crippen LogP contribution in [0.1, 0.15) is 25.0 Å². The standard InChI is InChI=1S/C52H37N3/c1-52(2)47-23-12-11-22-44(47)45-29-28-39(33-48(45)52)41-30-31-46(43-21-10-9-20-42(41)43)51-54-49(37-26-24-36(25-27-37)34-14-5-3-6-15-34)53-50(55-51)40-19-13-18-38(32-40)35-16-7-4-8-17-35/h3-33H,1-2H3. The molecule has 0 saturated heterocycles. The summed E-state index contributed by atoms with van der Waals surface area (Å²) >= 11 is 0. The van der Waals surface area contributed by atoms with E-state index in [2.05, 4.69) is 190 Å². The molecule has 0 spiro atoms.